The van der Waals surface area contributed by atoms with E-state index in [9.17, 15) is 24.2 Å². The first-order chi connectivity index (χ1) is 11.1. The number of aliphatic hydroxyl groups excluding tert-OH is 1. The Bertz CT molecular complexity index is 432. The van der Waals surface area contributed by atoms with Crippen LogP contribution >= 0.6 is 7.82 Å². The average Bonchev–Trinajstić information content (AvgIpc) is 2.49. The van der Waals surface area contributed by atoms with Crippen molar-refractivity contribution in [3.05, 3.63) is 0 Å². The normalized spacial score (nSPS) is 16.3. The van der Waals surface area contributed by atoms with Crippen LogP contribution in [0.1, 0.15) is 25.7 Å². The summed E-state index contributed by atoms with van der Waals surface area (Å²) in [4.78, 5) is 30.0. The van der Waals surface area contributed by atoms with Gasteiger partial charge < -0.3 is 30.7 Å². The molecule has 0 saturated heterocycles. The third kappa shape index (κ3) is 13.4. The van der Waals surface area contributed by atoms with E-state index in [0.717, 1.165) is 0 Å². The van der Waals surface area contributed by atoms with Gasteiger partial charge in [0.1, 0.15) is 12.1 Å². The predicted octanol–water partition coefficient (Wildman–Crippen LogP) is -0.446. The van der Waals surface area contributed by atoms with E-state index in [0.29, 0.717) is 25.9 Å². The Morgan fingerprint density at radius 2 is 1.67 bits per heavy atom. The minimum atomic E-state index is -4.52. The van der Waals surface area contributed by atoms with Crippen LogP contribution in [0.2, 0.25) is 0 Å². The summed E-state index contributed by atoms with van der Waals surface area (Å²) in [6, 6.07) is -1.47. The van der Waals surface area contributed by atoms with Gasteiger partial charge in [-0.3, -0.25) is 18.6 Å². The molecule has 0 fully saturated rings. The molecule has 0 aromatic rings. The molecule has 142 valence electrons. The fourth-order valence-electron chi connectivity index (χ4n) is 1.39. The van der Waals surface area contributed by atoms with Gasteiger partial charge in [0.25, 0.3) is 0 Å². The van der Waals surface area contributed by atoms with Crippen molar-refractivity contribution in [3.8, 4) is 0 Å². The van der Waals surface area contributed by atoms with Crippen LogP contribution in [0.5, 0.6) is 0 Å². The third-order valence-electron chi connectivity index (χ3n) is 2.65. The van der Waals surface area contributed by atoms with E-state index in [1.807, 2.05) is 0 Å². The Morgan fingerprint density at radius 1 is 1.04 bits per heavy atom. The van der Waals surface area contributed by atoms with Gasteiger partial charge in [-0.25, -0.2) is 4.57 Å². The highest BCUT2D eigenvalue weighted by molar-refractivity contribution is 7.47. The number of nitrogens with two attached hydrogens (primary N) is 1. The molecule has 6 N–H and O–H groups in total. The molecule has 0 rings (SSSR count). The summed E-state index contributed by atoms with van der Waals surface area (Å²) in [7, 11) is -4.52. The van der Waals surface area contributed by atoms with E-state index in [2.05, 4.69) is 9.05 Å². The van der Waals surface area contributed by atoms with Gasteiger partial charge in [-0.15, -0.1) is 0 Å². The molecule has 0 aliphatic heterocycles. The monoisotopic (exact) mass is 373 g/mol. The van der Waals surface area contributed by atoms with Crippen LogP contribution in [0, 0.1) is 0 Å². The molecule has 0 heterocycles. The Hall–Kier alpha value is -1.07. The lowest BCUT2D eigenvalue weighted by Gasteiger charge is -2.16. The quantitative estimate of drug-likeness (QED) is 0.185. The maximum Gasteiger partial charge on any atom is 0.472 e. The van der Waals surface area contributed by atoms with Crippen LogP contribution in [0.15, 0.2) is 0 Å². The van der Waals surface area contributed by atoms with E-state index >= 15 is 0 Å². The Labute approximate surface area is 138 Å². The fourth-order valence-corrected chi connectivity index (χ4v) is 2.17. The molecule has 0 aliphatic rings. The molecule has 12 heteroatoms. The lowest BCUT2D eigenvalue weighted by Crippen LogP contribution is -2.34. The summed E-state index contributed by atoms with van der Waals surface area (Å²) >= 11 is 0. The van der Waals surface area contributed by atoms with Gasteiger partial charge in [-0.1, -0.05) is 6.42 Å². The second-order valence-electron chi connectivity index (χ2n) is 4.94. The molecule has 0 spiro atoms. The van der Waals surface area contributed by atoms with Crippen LogP contribution < -0.4 is 5.73 Å². The van der Waals surface area contributed by atoms with Gasteiger partial charge in [-0.05, 0) is 12.8 Å². The zero-order valence-electron chi connectivity index (χ0n) is 13.1. The van der Waals surface area contributed by atoms with Gasteiger partial charge in [0.15, 0.2) is 0 Å². The molecule has 0 saturated carbocycles. The number of carbonyl (C=O) groups is 2. The van der Waals surface area contributed by atoms with Crippen molar-refractivity contribution in [2.75, 3.05) is 26.4 Å². The summed E-state index contributed by atoms with van der Waals surface area (Å²) in [5, 5.41) is 26.5. The second-order valence-corrected chi connectivity index (χ2v) is 6.39. The summed E-state index contributed by atoms with van der Waals surface area (Å²) in [6.07, 6.45) is 0.737. The molecule has 0 aromatic carbocycles. The van der Waals surface area contributed by atoms with Crippen molar-refractivity contribution < 1.29 is 48.2 Å². The number of ether oxygens (including phenoxy) is 1. The molecular weight excluding hydrogens is 349 g/mol. The number of phosphoric ester groups is 1. The van der Waals surface area contributed by atoms with Crippen LogP contribution in [0.3, 0.4) is 0 Å². The SMILES string of the molecule is N[C@@H](COP(=O)(O)OC[C@H](O)COCCCCCC(=O)O)C(=O)O. The largest absolute Gasteiger partial charge is 0.481 e. The van der Waals surface area contributed by atoms with Crippen LogP contribution in [-0.4, -0.2) is 70.7 Å². The number of hydrogen-bond acceptors (Lipinski definition) is 8. The number of aliphatic carboxylic acids is 2. The number of carboxylic acids is 2. The number of rotatable bonds is 15. The van der Waals surface area contributed by atoms with Crippen LogP contribution in [0.25, 0.3) is 0 Å². The van der Waals surface area contributed by atoms with Gasteiger partial charge in [0.05, 0.1) is 19.8 Å². The molecule has 1 unspecified atom stereocenters. The topological polar surface area (TPSA) is 186 Å². The van der Waals surface area contributed by atoms with Gasteiger partial charge in [0.2, 0.25) is 0 Å². The van der Waals surface area contributed by atoms with Crippen molar-refractivity contribution in [3.63, 3.8) is 0 Å². The zero-order chi connectivity index (χ0) is 18.6. The number of unbranched alkanes of at least 4 members (excludes halogenated alkanes) is 2. The standard InChI is InChI=1S/C12H24NO10P/c13-10(12(17)18)8-23-24(19,20)22-7-9(14)6-21-5-3-1-2-4-11(15)16/h9-10,14H,1-8,13H2,(H,15,16)(H,17,18)(H,19,20)/t9-,10+/m1/s1. The first-order valence-electron chi connectivity index (χ1n) is 7.22. The van der Waals surface area contributed by atoms with E-state index in [1.165, 1.54) is 0 Å². The smallest absolute Gasteiger partial charge is 0.472 e. The molecule has 0 amide bonds. The van der Waals surface area contributed by atoms with E-state index < -0.39 is 45.1 Å². The lowest BCUT2D eigenvalue weighted by molar-refractivity contribution is -0.139. The Morgan fingerprint density at radius 3 is 2.25 bits per heavy atom. The Kier molecular flexibility index (Phi) is 11.8. The molecule has 3 atom stereocenters. The molecule has 24 heavy (non-hydrogen) atoms. The van der Waals surface area contributed by atoms with E-state index in [4.69, 9.17) is 20.7 Å². The summed E-state index contributed by atoms with van der Waals surface area (Å²) in [6.45, 7) is -1.11. The second kappa shape index (κ2) is 12.3. The first kappa shape index (κ1) is 22.9. The van der Waals surface area contributed by atoms with Crippen molar-refractivity contribution in [2.45, 2.75) is 37.8 Å². The van der Waals surface area contributed by atoms with Crippen molar-refractivity contribution in [2.24, 2.45) is 5.73 Å². The highest BCUT2D eigenvalue weighted by atomic mass is 31.2. The maximum absolute atomic E-state index is 11.4. The van der Waals surface area contributed by atoms with Crippen LogP contribution in [0.4, 0.5) is 0 Å². The van der Waals surface area contributed by atoms with E-state index in [-0.39, 0.29) is 13.0 Å². The fraction of sp³-hybridized carbons (Fsp3) is 0.833. The number of carboxylic acid groups (broad SMARTS) is 2. The molecule has 0 bridgehead atoms. The molecule has 0 aliphatic carbocycles. The van der Waals surface area contributed by atoms with Crippen molar-refractivity contribution in [1.29, 1.82) is 0 Å². The van der Waals surface area contributed by atoms with Gasteiger partial charge in [-0.2, -0.15) is 0 Å². The number of aliphatic hydroxyl groups is 1. The highest BCUT2D eigenvalue weighted by Gasteiger charge is 2.25. The van der Waals surface area contributed by atoms with Crippen molar-refractivity contribution >= 4 is 19.8 Å². The number of hydrogen-bond donors (Lipinski definition) is 5. The highest BCUT2D eigenvalue weighted by Crippen LogP contribution is 2.43. The minimum Gasteiger partial charge on any atom is -0.481 e. The zero-order valence-corrected chi connectivity index (χ0v) is 14.0. The number of phosphoric acid groups is 1. The third-order valence-corrected chi connectivity index (χ3v) is 3.60. The van der Waals surface area contributed by atoms with Gasteiger partial charge in [0, 0.05) is 13.0 Å². The van der Waals surface area contributed by atoms with E-state index in [1.54, 1.807) is 0 Å². The Balaban J connectivity index is 3.72. The van der Waals surface area contributed by atoms with Crippen molar-refractivity contribution in [1.82, 2.24) is 0 Å². The average molecular weight is 373 g/mol. The summed E-state index contributed by atoms with van der Waals surface area (Å²) in [5.74, 6) is -2.25. The molecule has 0 aromatic heterocycles. The maximum atomic E-state index is 11.4. The van der Waals surface area contributed by atoms with Crippen LogP contribution in [-0.2, 0) is 27.9 Å². The summed E-state index contributed by atoms with van der Waals surface area (Å²) in [5.41, 5.74) is 5.10. The molecular formula is C12H24NO10P. The first-order valence-corrected chi connectivity index (χ1v) is 8.71. The summed E-state index contributed by atoms with van der Waals surface area (Å²) < 4.78 is 25.4. The lowest BCUT2D eigenvalue weighted by atomic mass is 10.2. The minimum absolute atomic E-state index is 0.0911. The predicted molar refractivity (Wildman–Crippen MR) is 80.3 cm³/mol. The molecule has 0 radical (unpaired) electrons. The molecule has 11 nitrogen and oxygen atoms in total. The van der Waals surface area contributed by atoms with Gasteiger partial charge >= 0.3 is 19.8 Å².